The third-order valence-corrected chi connectivity index (χ3v) is 5.68. The molecular weight excluding hydrogens is 352 g/mol. The fourth-order valence-electron chi connectivity index (χ4n) is 4.00. The fraction of sp³-hybridized carbons (Fsp3) is 0.652. The predicted molar refractivity (Wildman–Crippen MR) is 112 cm³/mol. The molecule has 5 heteroatoms. The molecular formula is C23H36N2O3. The number of carboxylic acids is 1. The second-order valence-corrected chi connectivity index (χ2v) is 8.79. The smallest absolute Gasteiger partial charge is 0.303 e. The fourth-order valence-corrected chi connectivity index (χ4v) is 4.00. The van der Waals surface area contributed by atoms with Crippen LogP contribution >= 0.6 is 0 Å². The molecule has 1 heterocycles. The molecule has 2 unspecified atom stereocenters. The molecule has 28 heavy (non-hydrogen) atoms. The number of hydrogen-bond donors (Lipinski definition) is 2. The van der Waals surface area contributed by atoms with E-state index in [2.05, 4.69) is 62.2 Å². The number of likely N-dealkylation sites (tertiary alicyclic amines) is 1. The van der Waals surface area contributed by atoms with Gasteiger partial charge in [-0.3, -0.25) is 14.5 Å². The number of benzene rings is 1. The molecule has 0 radical (unpaired) electrons. The van der Waals surface area contributed by atoms with Crippen molar-refractivity contribution in [3.63, 3.8) is 0 Å². The van der Waals surface area contributed by atoms with E-state index in [0.717, 1.165) is 31.5 Å². The number of amides is 1. The molecule has 1 aliphatic rings. The molecule has 1 aromatic rings. The molecule has 0 spiro atoms. The summed E-state index contributed by atoms with van der Waals surface area (Å²) in [5, 5.41) is 12.1. The maximum atomic E-state index is 12.7. The first-order valence-electron chi connectivity index (χ1n) is 10.6. The maximum absolute atomic E-state index is 12.7. The quantitative estimate of drug-likeness (QED) is 0.665. The minimum Gasteiger partial charge on any atom is -0.481 e. The van der Waals surface area contributed by atoms with Crippen molar-refractivity contribution in [1.29, 1.82) is 0 Å². The largest absolute Gasteiger partial charge is 0.481 e. The van der Waals surface area contributed by atoms with Crippen LogP contribution < -0.4 is 5.32 Å². The van der Waals surface area contributed by atoms with E-state index in [0.29, 0.717) is 30.7 Å². The summed E-state index contributed by atoms with van der Waals surface area (Å²) < 4.78 is 0. The van der Waals surface area contributed by atoms with E-state index in [1.807, 2.05) is 0 Å². The summed E-state index contributed by atoms with van der Waals surface area (Å²) in [7, 11) is 0. The highest BCUT2D eigenvalue weighted by molar-refractivity contribution is 5.78. The molecule has 0 aliphatic carbocycles. The second kappa shape index (κ2) is 10.6. The van der Waals surface area contributed by atoms with Gasteiger partial charge in [-0.25, -0.2) is 0 Å². The Morgan fingerprint density at radius 2 is 1.79 bits per heavy atom. The van der Waals surface area contributed by atoms with E-state index in [4.69, 9.17) is 5.11 Å². The molecule has 0 aromatic heterocycles. The van der Waals surface area contributed by atoms with Gasteiger partial charge >= 0.3 is 5.97 Å². The minimum atomic E-state index is -0.738. The molecule has 0 bridgehead atoms. The number of aliphatic carboxylic acids is 1. The lowest BCUT2D eigenvalue weighted by atomic mass is 9.92. The van der Waals surface area contributed by atoms with Crippen LogP contribution in [0.1, 0.15) is 76.5 Å². The van der Waals surface area contributed by atoms with Crippen molar-refractivity contribution in [2.75, 3.05) is 19.6 Å². The van der Waals surface area contributed by atoms with E-state index in [-0.39, 0.29) is 18.4 Å². The van der Waals surface area contributed by atoms with Gasteiger partial charge in [0.15, 0.2) is 0 Å². The summed E-state index contributed by atoms with van der Waals surface area (Å²) in [6.45, 7) is 10.7. The molecule has 2 atom stereocenters. The third-order valence-electron chi connectivity index (χ3n) is 5.68. The first-order chi connectivity index (χ1) is 13.3. The van der Waals surface area contributed by atoms with Crippen molar-refractivity contribution >= 4 is 11.9 Å². The molecule has 156 valence electrons. The minimum absolute atomic E-state index is 0.00121. The lowest BCUT2D eigenvalue weighted by molar-refractivity contribution is -0.137. The van der Waals surface area contributed by atoms with Gasteiger partial charge in [0.25, 0.3) is 0 Å². The van der Waals surface area contributed by atoms with Crippen molar-refractivity contribution in [2.24, 2.45) is 11.8 Å². The van der Waals surface area contributed by atoms with Gasteiger partial charge in [0.2, 0.25) is 5.91 Å². The number of carboxylic acid groups (broad SMARTS) is 1. The standard InChI is InChI=1S/C23H36N2O3/c1-16(2)19-8-10-20(11-9-19)23(17(3)4)24-21(26)15-25-13-5-6-18(14-25)7-12-22(27)28/h8-11,16-18,23H,5-7,12-15H2,1-4H3,(H,24,26)(H,27,28). The number of carbonyl (C=O) groups excluding carboxylic acids is 1. The summed E-state index contributed by atoms with van der Waals surface area (Å²) >= 11 is 0. The van der Waals surface area contributed by atoms with E-state index >= 15 is 0 Å². The average molecular weight is 389 g/mol. The zero-order valence-corrected chi connectivity index (χ0v) is 17.8. The number of nitrogens with zero attached hydrogens (tertiary/aromatic N) is 1. The topological polar surface area (TPSA) is 69.6 Å². The Morgan fingerprint density at radius 3 is 2.36 bits per heavy atom. The van der Waals surface area contributed by atoms with Gasteiger partial charge in [0, 0.05) is 13.0 Å². The highest BCUT2D eigenvalue weighted by Crippen LogP contribution is 2.25. The molecule has 1 aliphatic heterocycles. The molecule has 2 rings (SSSR count). The summed E-state index contributed by atoms with van der Waals surface area (Å²) in [4.78, 5) is 25.7. The van der Waals surface area contributed by atoms with E-state index in [9.17, 15) is 9.59 Å². The zero-order chi connectivity index (χ0) is 20.7. The van der Waals surface area contributed by atoms with Crippen LogP contribution in [0.3, 0.4) is 0 Å². The Morgan fingerprint density at radius 1 is 1.14 bits per heavy atom. The molecule has 0 saturated carbocycles. The Balaban J connectivity index is 1.92. The summed E-state index contributed by atoms with van der Waals surface area (Å²) in [5.41, 5.74) is 2.45. The number of rotatable bonds is 9. The molecule has 1 aromatic carbocycles. The van der Waals surface area contributed by atoms with Crippen molar-refractivity contribution in [1.82, 2.24) is 10.2 Å². The van der Waals surface area contributed by atoms with Gasteiger partial charge in [-0.15, -0.1) is 0 Å². The molecule has 1 saturated heterocycles. The van der Waals surface area contributed by atoms with E-state index in [1.165, 1.54) is 5.56 Å². The van der Waals surface area contributed by atoms with Crippen LogP contribution in [-0.2, 0) is 9.59 Å². The van der Waals surface area contributed by atoms with Crippen LogP contribution in [0.15, 0.2) is 24.3 Å². The van der Waals surface area contributed by atoms with E-state index < -0.39 is 5.97 Å². The average Bonchev–Trinajstić information content (AvgIpc) is 2.64. The van der Waals surface area contributed by atoms with Gasteiger partial charge in [-0.1, -0.05) is 52.0 Å². The number of hydrogen-bond acceptors (Lipinski definition) is 3. The van der Waals surface area contributed by atoms with E-state index in [1.54, 1.807) is 0 Å². The monoisotopic (exact) mass is 388 g/mol. The van der Waals surface area contributed by atoms with Crippen molar-refractivity contribution in [3.05, 3.63) is 35.4 Å². The number of carbonyl (C=O) groups is 2. The molecule has 1 fully saturated rings. The highest BCUT2D eigenvalue weighted by atomic mass is 16.4. The first kappa shape index (κ1) is 22.4. The van der Waals surface area contributed by atoms with Crippen LogP contribution in [0.2, 0.25) is 0 Å². The van der Waals surface area contributed by atoms with Crippen molar-refractivity contribution in [2.45, 2.75) is 65.3 Å². The van der Waals surface area contributed by atoms with Crippen molar-refractivity contribution in [3.8, 4) is 0 Å². The SMILES string of the molecule is CC(C)c1ccc(C(NC(=O)CN2CCCC(CCC(=O)O)C2)C(C)C)cc1. The van der Waals surface area contributed by atoms with Crippen LogP contribution in [0, 0.1) is 11.8 Å². The third kappa shape index (κ3) is 6.93. The van der Waals surface area contributed by atoms with Gasteiger partial charge < -0.3 is 10.4 Å². The summed E-state index contributed by atoms with van der Waals surface area (Å²) in [6.07, 6.45) is 3.00. The first-order valence-corrected chi connectivity index (χ1v) is 10.6. The summed E-state index contributed by atoms with van der Waals surface area (Å²) in [6, 6.07) is 8.56. The summed E-state index contributed by atoms with van der Waals surface area (Å²) in [5.74, 6) is 0.485. The predicted octanol–water partition coefficient (Wildman–Crippen LogP) is 4.20. The number of nitrogens with one attached hydrogen (secondary N) is 1. The lowest BCUT2D eigenvalue weighted by Gasteiger charge is -2.33. The van der Waals surface area contributed by atoms with Gasteiger partial charge in [-0.05, 0) is 54.7 Å². The van der Waals surface area contributed by atoms with Crippen LogP contribution in [0.4, 0.5) is 0 Å². The van der Waals surface area contributed by atoms with Crippen LogP contribution in [0.25, 0.3) is 0 Å². The highest BCUT2D eigenvalue weighted by Gasteiger charge is 2.24. The van der Waals surface area contributed by atoms with Gasteiger partial charge in [0.05, 0.1) is 12.6 Å². The normalized spacial score (nSPS) is 19.0. The Labute approximate surface area is 169 Å². The van der Waals surface area contributed by atoms with Gasteiger partial charge in [0.1, 0.15) is 0 Å². The zero-order valence-electron chi connectivity index (χ0n) is 17.8. The lowest BCUT2D eigenvalue weighted by Crippen LogP contribution is -2.44. The molecule has 5 nitrogen and oxygen atoms in total. The molecule has 2 N–H and O–H groups in total. The number of piperidine rings is 1. The molecule has 1 amide bonds. The van der Waals surface area contributed by atoms with Crippen LogP contribution in [-0.4, -0.2) is 41.5 Å². The van der Waals surface area contributed by atoms with Gasteiger partial charge in [-0.2, -0.15) is 0 Å². The Hall–Kier alpha value is -1.88. The Bertz CT molecular complexity index is 640. The van der Waals surface area contributed by atoms with Crippen LogP contribution in [0.5, 0.6) is 0 Å². The second-order valence-electron chi connectivity index (χ2n) is 8.79. The van der Waals surface area contributed by atoms with Crippen molar-refractivity contribution < 1.29 is 14.7 Å². The maximum Gasteiger partial charge on any atom is 0.303 e. The Kier molecular flexibility index (Phi) is 8.49.